The van der Waals surface area contributed by atoms with Crippen LogP contribution in [0.3, 0.4) is 0 Å². The monoisotopic (exact) mass is 378 g/mol. The lowest BCUT2D eigenvalue weighted by atomic mass is 9.83. The summed E-state index contributed by atoms with van der Waals surface area (Å²) in [5.74, 6) is 1.64. The van der Waals surface area contributed by atoms with Gasteiger partial charge in [0.25, 0.3) is 0 Å². The molecule has 0 amide bonds. The van der Waals surface area contributed by atoms with Crippen molar-refractivity contribution in [3.63, 3.8) is 0 Å². The number of ether oxygens (including phenoxy) is 4. The topological polar surface area (TPSA) is 36.9 Å². The van der Waals surface area contributed by atoms with Crippen molar-refractivity contribution in [1.29, 1.82) is 0 Å². The second-order valence-electron chi connectivity index (χ2n) is 7.05. The Balaban J connectivity index is 2.00. The third kappa shape index (κ3) is 3.58. The average Bonchev–Trinajstić information content (AvgIpc) is 2.75. The third-order valence-corrected chi connectivity index (χ3v) is 5.30. The van der Waals surface area contributed by atoms with Gasteiger partial charge in [-0.1, -0.05) is 36.4 Å². The van der Waals surface area contributed by atoms with Crippen LogP contribution in [0.4, 0.5) is 0 Å². The Hall–Kier alpha value is -2.56. The van der Waals surface area contributed by atoms with Gasteiger partial charge in [0.1, 0.15) is 11.5 Å². The second-order valence-corrected chi connectivity index (χ2v) is 7.05. The van der Waals surface area contributed by atoms with Gasteiger partial charge in [-0.05, 0) is 59.7 Å². The van der Waals surface area contributed by atoms with Crippen LogP contribution in [0.15, 0.2) is 48.5 Å². The van der Waals surface area contributed by atoms with Crippen LogP contribution in [-0.4, -0.2) is 27.8 Å². The molecule has 4 heteroatoms. The summed E-state index contributed by atoms with van der Waals surface area (Å²) in [4.78, 5) is 0. The van der Waals surface area contributed by atoms with Gasteiger partial charge in [0, 0.05) is 25.3 Å². The highest BCUT2D eigenvalue weighted by Crippen LogP contribution is 2.46. The Morgan fingerprint density at radius 3 is 2.18 bits per heavy atom. The van der Waals surface area contributed by atoms with Crippen LogP contribution in [0, 0.1) is 0 Å². The lowest BCUT2D eigenvalue weighted by Gasteiger charge is -2.24. The van der Waals surface area contributed by atoms with Crippen LogP contribution < -0.4 is 9.47 Å². The van der Waals surface area contributed by atoms with Crippen LogP contribution in [0.25, 0.3) is 21.9 Å². The first-order chi connectivity index (χ1) is 13.8. The molecular weight excluding hydrogens is 352 g/mol. The van der Waals surface area contributed by atoms with E-state index in [-0.39, 0.29) is 13.6 Å². The Morgan fingerprint density at radius 1 is 0.714 bits per heavy atom. The minimum atomic E-state index is 0.203. The first-order valence-electron chi connectivity index (χ1n) is 9.74. The van der Waals surface area contributed by atoms with Gasteiger partial charge in [-0.2, -0.15) is 0 Å². The summed E-state index contributed by atoms with van der Waals surface area (Å²) >= 11 is 0. The van der Waals surface area contributed by atoms with Gasteiger partial charge >= 0.3 is 0 Å². The number of rotatable bonds is 7. The number of hydrogen-bond donors (Lipinski definition) is 0. The van der Waals surface area contributed by atoms with Crippen molar-refractivity contribution in [3.8, 4) is 22.6 Å². The fourth-order valence-corrected chi connectivity index (χ4v) is 4.08. The predicted molar refractivity (Wildman–Crippen MR) is 111 cm³/mol. The van der Waals surface area contributed by atoms with Crippen LogP contribution >= 0.6 is 0 Å². The minimum Gasteiger partial charge on any atom is -0.467 e. The van der Waals surface area contributed by atoms with Gasteiger partial charge in [0.05, 0.1) is 0 Å². The lowest BCUT2D eigenvalue weighted by Crippen LogP contribution is -2.09. The maximum atomic E-state index is 6.01. The van der Waals surface area contributed by atoms with Gasteiger partial charge in [-0.15, -0.1) is 0 Å². The molecule has 4 nitrogen and oxygen atoms in total. The smallest absolute Gasteiger partial charge is 0.188 e. The molecule has 0 aliphatic heterocycles. The average molecular weight is 378 g/mol. The maximum Gasteiger partial charge on any atom is 0.188 e. The van der Waals surface area contributed by atoms with E-state index < -0.39 is 0 Å². The molecule has 4 rings (SSSR count). The highest BCUT2D eigenvalue weighted by molar-refractivity contribution is 6.02. The van der Waals surface area contributed by atoms with Crippen LogP contribution in [0.2, 0.25) is 0 Å². The molecule has 0 unspecified atom stereocenters. The van der Waals surface area contributed by atoms with E-state index in [0.29, 0.717) is 0 Å². The lowest BCUT2D eigenvalue weighted by molar-refractivity contribution is 0.0500. The summed E-state index contributed by atoms with van der Waals surface area (Å²) < 4.78 is 22.4. The molecule has 0 N–H and O–H groups in total. The highest BCUT2D eigenvalue weighted by Gasteiger charge is 2.23. The van der Waals surface area contributed by atoms with E-state index in [9.17, 15) is 0 Å². The van der Waals surface area contributed by atoms with Crippen LogP contribution in [0.5, 0.6) is 11.5 Å². The number of methoxy groups -OCH3 is 2. The van der Waals surface area contributed by atoms with Crippen molar-refractivity contribution in [1.82, 2.24) is 0 Å². The molecule has 0 aromatic heterocycles. The maximum absolute atomic E-state index is 6.01. The standard InChI is InChI=1S/C24H26O4/c1-25-15-27-21-13-11-17-7-3-5-9-19(17)23(21)24-20-10-6-4-8-18(20)12-14-22(24)28-16-26-2/h3,5,7,9,11-14H,4,6,8,10,15-16H2,1-2H3. The molecule has 1 aliphatic carbocycles. The van der Waals surface area contributed by atoms with Crippen molar-refractivity contribution in [2.24, 2.45) is 0 Å². The largest absolute Gasteiger partial charge is 0.467 e. The summed E-state index contributed by atoms with van der Waals surface area (Å²) in [6, 6.07) is 16.8. The molecule has 0 fully saturated rings. The van der Waals surface area contributed by atoms with Crippen molar-refractivity contribution in [2.45, 2.75) is 25.7 Å². The number of hydrogen-bond acceptors (Lipinski definition) is 4. The molecule has 0 heterocycles. The molecule has 0 bridgehead atoms. The molecule has 0 saturated carbocycles. The van der Waals surface area contributed by atoms with Crippen LogP contribution in [0.1, 0.15) is 24.0 Å². The summed E-state index contributed by atoms with van der Waals surface area (Å²) in [5, 5.41) is 2.32. The molecule has 0 radical (unpaired) electrons. The Labute approximate surface area is 166 Å². The molecule has 3 aromatic carbocycles. The summed E-state index contributed by atoms with van der Waals surface area (Å²) in [5.41, 5.74) is 4.95. The number of fused-ring (bicyclic) bond motifs is 2. The molecule has 28 heavy (non-hydrogen) atoms. The van der Waals surface area contributed by atoms with Crippen molar-refractivity contribution in [3.05, 3.63) is 59.7 Å². The van der Waals surface area contributed by atoms with E-state index in [4.69, 9.17) is 18.9 Å². The highest BCUT2D eigenvalue weighted by atomic mass is 16.7. The summed E-state index contributed by atoms with van der Waals surface area (Å²) in [6.07, 6.45) is 4.56. The molecule has 146 valence electrons. The molecule has 0 saturated heterocycles. The van der Waals surface area contributed by atoms with Gasteiger partial charge in [0.2, 0.25) is 0 Å². The quantitative estimate of drug-likeness (QED) is 0.519. The number of aryl methyl sites for hydroxylation is 1. The van der Waals surface area contributed by atoms with Gasteiger partial charge in [-0.25, -0.2) is 0 Å². The molecule has 0 atom stereocenters. The van der Waals surface area contributed by atoms with Gasteiger partial charge in [0.15, 0.2) is 13.6 Å². The summed E-state index contributed by atoms with van der Waals surface area (Å²) in [7, 11) is 3.28. The minimum absolute atomic E-state index is 0.203. The summed E-state index contributed by atoms with van der Waals surface area (Å²) in [6.45, 7) is 0.416. The van der Waals surface area contributed by atoms with E-state index >= 15 is 0 Å². The SMILES string of the molecule is COCOc1ccc2c(c1-c1c(OCOC)ccc3ccccc13)CCCC2. The van der Waals surface area contributed by atoms with Gasteiger partial charge in [-0.3, -0.25) is 0 Å². The van der Waals surface area contributed by atoms with E-state index in [1.54, 1.807) is 14.2 Å². The fraction of sp³-hybridized carbons (Fsp3) is 0.333. The Morgan fingerprint density at radius 2 is 1.39 bits per heavy atom. The zero-order valence-electron chi connectivity index (χ0n) is 16.5. The van der Waals surface area contributed by atoms with Crippen LogP contribution in [-0.2, 0) is 22.3 Å². The number of benzene rings is 3. The Kier molecular flexibility index (Phi) is 5.79. The predicted octanol–water partition coefficient (Wildman–Crippen LogP) is 5.35. The zero-order valence-corrected chi connectivity index (χ0v) is 16.5. The van der Waals surface area contributed by atoms with E-state index in [2.05, 4.69) is 42.5 Å². The third-order valence-electron chi connectivity index (χ3n) is 5.30. The normalized spacial score (nSPS) is 13.4. The molecule has 3 aromatic rings. The van der Waals surface area contributed by atoms with E-state index in [0.717, 1.165) is 40.9 Å². The molecular formula is C24H26O4. The second kappa shape index (κ2) is 8.63. The Bertz CT molecular complexity index is 964. The first kappa shape index (κ1) is 18.8. The fourth-order valence-electron chi connectivity index (χ4n) is 4.08. The molecule has 1 aliphatic rings. The first-order valence-corrected chi connectivity index (χ1v) is 9.74. The van der Waals surface area contributed by atoms with E-state index in [1.807, 2.05) is 6.07 Å². The van der Waals surface area contributed by atoms with Gasteiger partial charge < -0.3 is 18.9 Å². The zero-order chi connectivity index (χ0) is 19.3. The molecule has 0 spiro atoms. The van der Waals surface area contributed by atoms with E-state index in [1.165, 1.54) is 29.4 Å². The van der Waals surface area contributed by atoms with Crippen molar-refractivity contribution < 1.29 is 18.9 Å². The van der Waals surface area contributed by atoms with Crippen molar-refractivity contribution in [2.75, 3.05) is 27.8 Å². The van der Waals surface area contributed by atoms with Crippen molar-refractivity contribution >= 4 is 10.8 Å².